The summed E-state index contributed by atoms with van der Waals surface area (Å²) >= 11 is 4.66. The normalized spacial score (nSPS) is 10.9. The number of hydrogen-bond acceptors (Lipinski definition) is 3. The molecule has 1 aromatic heterocycles. The average Bonchev–Trinajstić information content (AvgIpc) is 2.76. The van der Waals surface area contributed by atoms with Crippen molar-refractivity contribution in [1.82, 2.24) is 4.98 Å². The van der Waals surface area contributed by atoms with Crippen LogP contribution < -0.4 is 5.32 Å². The number of benzene rings is 1. The Morgan fingerprint density at radius 2 is 2.32 bits per heavy atom. The monoisotopic (exact) mass is 340 g/mol. The van der Waals surface area contributed by atoms with E-state index in [2.05, 4.69) is 26.2 Å². The fourth-order valence-corrected chi connectivity index (χ4v) is 2.30. The third-order valence-corrected chi connectivity index (χ3v) is 3.52. The van der Waals surface area contributed by atoms with Crippen LogP contribution in [0.3, 0.4) is 0 Å². The number of aryl methyl sites for hydroxylation is 1. The minimum Gasteiger partial charge on any atom is -0.320 e. The second kappa shape index (κ2) is 6.08. The van der Waals surface area contributed by atoms with E-state index in [0.717, 1.165) is 5.01 Å². The second-order valence-corrected chi connectivity index (χ2v) is 5.72. The summed E-state index contributed by atoms with van der Waals surface area (Å²) < 4.78 is 14.1. The van der Waals surface area contributed by atoms with Crippen molar-refractivity contribution < 1.29 is 9.18 Å². The first-order valence-electron chi connectivity index (χ1n) is 5.41. The molecular formula is C13H10BrFN2OS. The van der Waals surface area contributed by atoms with Crippen LogP contribution in [0.25, 0.3) is 6.08 Å². The lowest BCUT2D eigenvalue weighted by Gasteiger charge is -2.03. The number of aromatic nitrogens is 1. The Morgan fingerprint density at radius 1 is 1.53 bits per heavy atom. The van der Waals surface area contributed by atoms with Crippen LogP contribution in [0.2, 0.25) is 0 Å². The molecule has 0 atom stereocenters. The quantitative estimate of drug-likeness (QED) is 0.858. The standard InChI is InChI=1S/C13H10BrFN2OS/c1-8-16-10(7-19-8)3-5-13(18)17-12-4-2-9(14)6-11(12)15/h2-7H,1H3,(H,17,18)/b5-3+. The Hall–Kier alpha value is -1.53. The van der Waals surface area contributed by atoms with Gasteiger partial charge in [0.05, 0.1) is 16.4 Å². The van der Waals surface area contributed by atoms with Crippen molar-refractivity contribution in [2.45, 2.75) is 6.92 Å². The largest absolute Gasteiger partial charge is 0.320 e. The third-order valence-electron chi connectivity index (χ3n) is 2.23. The third kappa shape index (κ3) is 3.97. The van der Waals surface area contributed by atoms with E-state index < -0.39 is 11.7 Å². The molecule has 2 rings (SSSR count). The number of thiazole rings is 1. The number of halogens is 2. The molecule has 6 heteroatoms. The van der Waals surface area contributed by atoms with Crippen LogP contribution in [0.15, 0.2) is 34.1 Å². The second-order valence-electron chi connectivity index (χ2n) is 3.74. The summed E-state index contributed by atoms with van der Waals surface area (Å²) in [6.07, 6.45) is 2.92. The van der Waals surface area contributed by atoms with E-state index in [0.29, 0.717) is 10.2 Å². The van der Waals surface area contributed by atoms with Crippen LogP contribution in [0.5, 0.6) is 0 Å². The van der Waals surface area contributed by atoms with Gasteiger partial charge in [0.25, 0.3) is 0 Å². The van der Waals surface area contributed by atoms with Crippen molar-refractivity contribution in [2.24, 2.45) is 0 Å². The van der Waals surface area contributed by atoms with Gasteiger partial charge in [-0.3, -0.25) is 4.79 Å². The lowest BCUT2D eigenvalue weighted by molar-refractivity contribution is -0.111. The van der Waals surface area contributed by atoms with Gasteiger partial charge in [0.2, 0.25) is 5.91 Å². The van der Waals surface area contributed by atoms with Crippen LogP contribution in [-0.2, 0) is 4.79 Å². The van der Waals surface area contributed by atoms with Gasteiger partial charge in [-0.25, -0.2) is 9.37 Å². The highest BCUT2D eigenvalue weighted by molar-refractivity contribution is 9.10. The molecule has 0 bridgehead atoms. The van der Waals surface area contributed by atoms with Gasteiger partial charge in [-0.05, 0) is 31.2 Å². The SMILES string of the molecule is Cc1nc(/C=C/C(=O)Nc2ccc(Br)cc2F)cs1. The number of amides is 1. The van der Waals surface area contributed by atoms with E-state index in [4.69, 9.17) is 0 Å². The van der Waals surface area contributed by atoms with Crippen molar-refractivity contribution in [3.05, 3.63) is 50.6 Å². The minimum atomic E-state index is -0.486. The summed E-state index contributed by atoms with van der Waals surface area (Å²) in [5, 5.41) is 5.24. The molecule has 0 fully saturated rings. The minimum absolute atomic E-state index is 0.146. The lowest BCUT2D eigenvalue weighted by atomic mass is 10.3. The van der Waals surface area contributed by atoms with Crippen molar-refractivity contribution >= 4 is 44.9 Å². The van der Waals surface area contributed by atoms with Gasteiger partial charge >= 0.3 is 0 Å². The lowest BCUT2D eigenvalue weighted by Crippen LogP contribution is -2.09. The molecule has 3 nitrogen and oxygen atoms in total. The predicted molar refractivity (Wildman–Crippen MR) is 78.6 cm³/mol. The van der Waals surface area contributed by atoms with Crippen molar-refractivity contribution in [2.75, 3.05) is 5.32 Å². The first-order chi connectivity index (χ1) is 9.04. The molecule has 0 spiro atoms. The summed E-state index contributed by atoms with van der Waals surface area (Å²) in [4.78, 5) is 15.8. The zero-order chi connectivity index (χ0) is 13.8. The van der Waals surface area contributed by atoms with Gasteiger partial charge in [0.15, 0.2) is 0 Å². The summed E-state index contributed by atoms with van der Waals surface area (Å²) in [6.45, 7) is 1.89. The summed E-state index contributed by atoms with van der Waals surface area (Å²) in [6, 6.07) is 4.45. The van der Waals surface area contributed by atoms with Gasteiger partial charge in [0.1, 0.15) is 5.82 Å². The smallest absolute Gasteiger partial charge is 0.248 e. The van der Waals surface area contributed by atoms with E-state index in [1.807, 2.05) is 12.3 Å². The van der Waals surface area contributed by atoms with Crippen LogP contribution in [0, 0.1) is 12.7 Å². The van der Waals surface area contributed by atoms with Gasteiger partial charge in [-0.15, -0.1) is 11.3 Å². The fraction of sp³-hybridized carbons (Fsp3) is 0.0769. The molecule has 19 heavy (non-hydrogen) atoms. The number of hydrogen-bond donors (Lipinski definition) is 1. The molecule has 0 aliphatic rings. The molecule has 98 valence electrons. The molecule has 2 aromatic rings. The van der Waals surface area contributed by atoms with Gasteiger partial charge in [-0.1, -0.05) is 15.9 Å². The zero-order valence-electron chi connectivity index (χ0n) is 9.98. The van der Waals surface area contributed by atoms with Crippen LogP contribution in [0.4, 0.5) is 10.1 Å². The molecule has 1 aromatic carbocycles. The van der Waals surface area contributed by atoms with Gasteiger partial charge in [0, 0.05) is 15.9 Å². The molecule has 1 N–H and O–H groups in total. The van der Waals surface area contributed by atoms with E-state index in [1.54, 1.807) is 12.1 Å². The summed E-state index contributed by atoms with van der Waals surface area (Å²) in [5.74, 6) is -0.882. The van der Waals surface area contributed by atoms with Gasteiger partial charge < -0.3 is 5.32 Å². The molecule has 1 heterocycles. The van der Waals surface area contributed by atoms with E-state index in [1.165, 1.54) is 29.5 Å². The Labute approximate surface area is 122 Å². The number of rotatable bonds is 3. The molecular weight excluding hydrogens is 331 g/mol. The van der Waals surface area contributed by atoms with Crippen molar-refractivity contribution in [3.8, 4) is 0 Å². The van der Waals surface area contributed by atoms with Crippen LogP contribution >= 0.6 is 27.3 Å². The number of carbonyl (C=O) groups excluding carboxylic acids is 1. The molecule has 0 saturated carbocycles. The molecule has 0 radical (unpaired) electrons. The molecule has 0 aliphatic heterocycles. The number of anilines is 1. The zero-order valence-corrected chi connectivity index (χ0v) is 12.4. The number of nitrogens with zero attached hydrogens (tertiary/aromatic N) is 1. The number of nitrogens with one attached hydrogen (secondary N) is 1. The van der Waals surface area contributed by atoms with Crippen LogP contribution in [0.1, 0.15) is 10.7 Å². The first-order valence-corrected chi connectivity index (χ1v) is 7.08. The maximum atomic E-state index is 13.5. The molecule has 0 aliphatic carbocycles. The van der Waals surface area contributed by atoms with Crippen LogP contribution in [-0.4, -0.2) is 10.9 Å². The Bertz CT molecular complexity index is 639. The average molecular weight is 341 g/mol. The van der Waals surface area contributed by atoms with E-state index >= 15 is 0 Å². The Kier molecular flexibility index (Phi) is 4.44. The summed E-state index contributed by atoms with van der Waals surface area (Å²) in [5.41, 5.74) is 0.862. The molecule has 0 saturated heterocycles. The topological polar surface area (TPSA) is 42.0 Å². The highest BCUT2D eigenvalue weighted by Gasteiger charge is 2.05. The van der Waals surface area contributed by atoms with E-state index in [-0.39, 0.29) is 5.69 Å². The highest BCUT2D eigenvalue weighted by atomic mass is 79.9. The maximum absolute atomic E-state index is 13.5. The maximum Gasteiger partial charge on any atom is 0.248 e. The van der Waals surface area contributed by atoms with Gasteiger partial charge in [-0.2, -0.15) is 0 Å². The van der Waals surface area contributed by atoms with Crippen molar-refractivity contribution in [3.63, 3.8) is 0 Å². The Balaban J connectivity index is 2.03. The predicted octanol–water partition coefficient (Wildman–Crippen LogP) is 4.01. The first kappa shape index (κ1) is 13.9. The summed E-state index contributed by atoms with van der Waals surface area (Å²) in [7, 11) is 0. The Morgan fingerprint density at radius 3 is 2.95 bits per heavy atom. The molecule has 0 unspecified atom stereocenters. The number of carbonyl (C=O) groups is 1. The fourth-order valence-electron chi connectivity index (χ4n) is 1.38. The molecule has 1 amide bonds. The van der Waals surface area contributed by atoms with Crippen molar-refractivity contribution in [1.29, 1.82) is 0 Å². The van der Waals surface area contributed by atoms with E-state index in [9.17, 15) is 9.18 Å². The highest BCUT2D eigenvalue weighted by Crippen LogP contribution is 2.19.